The van der Waals surface area contributed by atoms with E-state index in [1.165, 1.54) is 17.0 Å². The van der Waals surface area contributed by atoms with Gasteiger partial charge < -0.3 is 10.6 Å². The number of nitrogens with zero attached hydrogens (tertiary/aromatic N) is 2. The minimum absolute atomic E-state index is 0.254. The maximum absolute atomic E-state index is 13.2. The largest absolute Gasteiger partial charge is 0.352 e. The van der Waals surface area contributed by atoms with Gasteiger partial charge in [-0.3, -0.25) is 4.99 Å². The van der Waals surface area contributed by atoms with Gasteiger partial charge in [0.2, 0.25) is 0 Å². The number of hydrogen-bond donors (Lipinski definition) is 2. The maximum Gasteiger partial charge on any atom is 0.191 e. The predicted octanol–water partition coefficient (Wildman–Crippen LogP) is 3.22. The molecule has 0 amide bonds. The summed E-state index contributed by atoms with van der Waals surface area (Å²) in [5.74, 6) is 0.398. The first-order valence-corrected chi connectivity index (χ1v) is 7.99. The van der Waals surface area contributed by atoms with Crippen LogP contribution in [-0.4, -0.2) is 18.0 Å². The number of thiazole rings is 1. The number of halogens is 2. The Morgan fingerprint density at radius 1 is 1.38 bits per heavy atom. The van der Waals surface area contributed by atoms with Gasteiger partial charge in [-0.15, -0.1) is 11.3 Å². The average molecular weight is 371 g/mol. The van der Waals surface area contributed by atoms with Crippen molar-refractivity contribution in [2.45, 2.75) is 20.0 Å². The molecule has 0 bridgehead atoms. The second-order valence-corrected chi connectivity index (χ2v) is 6.55. The molecule has 4 nitrogen and oxygen atoms in total. The zero-order chi connectivity index (χ0) is 15.2. The maximum atomic E-state index is 13.2. The lowest BCUT2D eigenvalue weighted by molar-refractivity contribution is 0.624. The van der Waals surface area contributed by atoms with E-state index in [4.69, 9.17) is 0 Å². The highest BCUT2D eigenvalue weighted by Crippen LogP contribution is 2.17. The third kappa shape index (κ3) is 4.78. The van der Waals surface area contributed by atoms with E-state index in [2.05, 4.69) is 36.5 Å². The van der Waals surface area contributed by atoms with Crippen molar-refractivity contribution >= 4 is 33.2 Å². The number of hydrogen-bond acceptors (Lipinski definition) is 3. The summed E-state index contributed by atoms with van der Waals surface area (Å²) in [6, 6.07) is 4.61. The summed E-state index contributed by atoms with van der Waals surface area (Å²) in [6.07, 6.45) is 1.85. The Bertz CT molecular complexity index is 642. The molecule has 0 fully saturated rings. The molecule has 0 saturated heterocycles. The second kappa shape index (κ2) is 7.51. The van der Waals surface area contributed by atoms with E-state index in [1.807, 2.05) is 13.1 Å². The summed E-state index contributed by atoms with van der Waals surface area (Å²) in [4.78, 5) is 9.60. The molecule has 2 aromatic rings. The van der Waals surface area contributed by atoms with Gasteiger partial charge in [0, 0.05) is 29.1 Å². The molecule has 1 heterocycles. The fourth-order valence-electron chi connectivity index (χ4n) is 1.72. The Balaban J connectivity index is 1.89. The van der Waals surface area contributed by atoms with Crippen molar-refractivity contribution in [1.29, 1.82) is 0 Å². The summed E-state index contributed by atoms with van der Waals surface area (Å²) < 4.78 is 14.1. The Morgan fingerprint density at radius 2 is 2.14 bits per heavy atom. The lowest BCUT2D eigenvalue weighted by atomic mass is 10.2. The highest BCUT2D eigenvalue weighted by atomic mass is 79.9. The molecule has 1 aromatic carbocycles. The molecule has 0 atom stereocenters. The molecule has 0 saturated carbocycles. The van der Waals surface area contributed by atoms with Crippen LogP contribution in [0.25, 0.3) is 0 Å². The van der Waals surface area contributed by atoms with Gasteiger partial charge in [0.25, 0.3) is 0 Å². The van der Waals surface area contributed by atoms with Gasteiger partial charge >= 0.3 is 0 Å². The molecular formula is C14H16BrFN4S. The number of aromatic nitrogens is 1. The third-order valence-corrected chi connectivity index (χ3v) is 4.44. The number of guanidine groups is 1. The van der Waals surface area contributed by atoms with Crippen LogP contribution in [0.4, 0.5) is 4.39 Å². The fraction of sp³-hybridized carbons (Fsp3) is 0.286. The lowest BCUT2D eigenvalue weighted by Gasteiger charge is -2.12. The van der Waals surface area contributed by atoms with Crippen LogP contribution in [0.15, 0.2) is 33.9 Å². The van der Waals surface area contributed by atoms with Gasteiger partial charge in [0.15, 0.2) is 5.96 Å². The zero-order valence-electron chi connectivity index (χ0n) is 11.8. The average Bonchev–Trinajstić information content (AvgIpc) is 2.88. The molecule has 21 heavy (non-hydrogen) atoms. The standard InChI is InChI=1S/C14H16BrFN4S/c1-9-6-18-13(21-9)8-20-14(17-2)19-7-10-5-11(16)3-4-12(10)15/h3-6H,7-8H2,1-2H3,(H2,17,19,20). The van der Waals surface area contributed by atoms with Crippen LogP contribution < -0.4 is 10.6 Å². The van der Waals surface area contributed by atoms with E-state index in [9.17, 15) is 4.39 Å². The van der Waals surface area contributed by atoms with Crippen LogP contribution in [0, 0.1) is 12.7 Å². The molecule has 112 valence electrons. The summed E-state index contributed by atoms with van der Waals surface area (Å²) in [7, 11) is 1.70. The monoisotopic (exact) mass is 370 g/mol. The predicted molar refractivity (Wildman–Crippen MR) is 88.0 cm³/mol. The summed E-state index contributed by atoms with van der Waals surface area (Å²) >= 11 is 5.05. The van der Waals surface area contributed by atoms with Crippen LogP contribution in [0.3, 0.4) is 0 Å². The summed E-state index contributed by atoms with van der Waals surface area (Å²) in [5, 5.41) is 7.33. The van der Waals surface area contributed by atoms with Crippen LogP contribution in [0.2, 0.25) is 0 Å². The molecule has 1 aromatic heterocycles. The van der Waals surface area contributed by atoms with Crippen molar-refractivity contribution in [1.82, 2.24) is 15.6 Å². The number of nitrogens with one attached hydrogen (secondary N) is 2. The van der Waals surface area contributed by atoms with Gasteiger partial charge in [0.1, 0.15) is 10.8 Å². The van der Waals surface area contributed by atoms with Crippen LogP contribution in [0.1, 0.15) is 15.4 Å². The zero-order valence-corrected chi connectivity index (χ0v) is 14.2. The number of benzene rings is 1. The molecular weight excluding hydrogens is 355 g/mol. The van der Waals surface area contributed by atoms with Crippen molar-refractivity contribution < 1.29 is 4.39 Å². The molecule has 0 aliphatic carbocycles. The van der Waals surface area contributed by atoms with E-state index >= 15 is 0 Å². The van der Waals surface area contributed by atoms with E-state index in [0.29, 0.717) is 19.0 Å². The molecule has 2 N–H and O–H groups in total. The topological polar surface area (TPSA) is 49.3 Å². The van der Waals surface area contributed by atoms with Gasteiger partial charge in [-0.1, -0.05) is 15.9 Å². The molecule has 0 spiro atoms. The highest BCUT2D eigenvalue weighted by Gasteiger charge is 2.05. The van der Waals surface area contributed by atoms with Crippen molar-refractivity contribution in [3.63, 3.8) is 0 Å². The van der Waals surface area contributed by atoms with E-state index < -0.39 is 0 Å². The van der Waals surface area contributed by atoms with Crippen molar-refractivity contribution in [2.75, 3.05) is 7.05 Å². The normalized spacial score (nSPS) is 11.5. The Morgan fingerprint density at radius 3 is 2.81 bits per heavy atom. The Hall–Kier alpha value is -1.47. The van der Waals surface area contributed by atoms with Crippen LogP contribution >= 0.6 is 27.3 Å². The number of rotatable bonds is 4. The highest BCUT2D eigenvalue weighted by molar-refractivity contribution is 9.10. The number of aliphatic imine (C=N–C) groups is 1. The minimum atomic E-state index is -0.254. The molecule has 0 radical (unpaired) electrons. The van der Waals surface area contributed by atoms with E-state index in [0.717, 1.165) is 15.0 Å². The smallest absolute Gasteiger partial charge is 0.191 e. The van der Waals surface area contributed by atoms with Crippen molar-refractivity contribution in [3.8, 4) is 0 Å². The third-order valence-electron chi connectivity index (χ3n) is 2.75. The minimum Gasteiger partial charge on any atom is -0.352 e. The first-order valence-electron chi connectivity index (χ1n) is 6.38. The fourth-order valence-corrected chi connectivity index (χ4v) is 2.83. The first kappa shape index (κ1) is 15.9. The Kier molecular flexibility index (Phi) is 5.69. The summed E-state index contributed by atoms with van der Waals surface area (Å²) in [6.45, 7) is 3.12. The molecule has 0 aliphatic heterocycles. The molecule has 7 heteroatoms. The van der Waals surface area contributed by atoms with Crippen molar-refractivity contribution in [3.05, 3.63) is 50.1 Å². The molecule has 2 rings (SSSR count). The van der Waals surface area contributed by atoms with Crippen molar-refractivity contribution in [2.24, 2.45) is 4.99 Å². The molecule has 0 aliphatic rings. The second-order valence-electron chi connectivity index (χ2n) is 4.38. The van der Waals surface area contributed by atoms with Gasteiger partial charge in [0.05, 0.1) is 6.54 Å². The number of aryl methyl sites for hydroxylation is 1. The van der Waals surface area contributed by atoms with Gasteiger partial charge in [-0.2, -0.15) is 0 Å². The van der Waals surface area contributed by atoms with Gasteiger partial charge in [-0.05, 0) is 30.7 Å². The Labute approximate surface area is 135 Å². The van der Waals surface area contributed by atoms with Crippen LogP contribution in [-0.2, 0) is 13.1 Å². The summed E-state index contributed by atoms with van der Waals surface area (Å²) in [5.41, 5.74) is 0.836. The lowest BCUT2D eigenvalue weighted by Crippen LogP contribution is -2.36. The quantitative estimate of drug-likeness (QED) is 0.641. The van der Waals surface area contributed by atoms with E-state index in [-0.39, 0.29) is 5.82 Å². The van der Waals surface area contributed by atoms with Gasteiger partial charge in [-0.25, -0.2) is 9.37 Å². The van der Waals surface area contributed by atoms with E-state index in [1.54, 1.807) is 24.5 Å². The molecule has 0 unspecified atom stereocenters. The SMILES string of the molecule is CN=C(NCc1ncc(C)s1)NCc1cc(F)ccc1Br. The first-order chi connectivity index (χ1) is 10.1. The van der Waals surface area contributed by atoms with Crippen LogP contribution in [0.5, 0.6) is 0 Å².